The van der Waals surface area contributed by atoms with E-state index in [2.05, 4.69) is 47.8 Å². The Morgan fingerprint density at radius 1 is 1.16 bits per heavy atom. The van der Waals surface area contributed by atoms with E-state index in [0.717, 1.165) is 23.6 Å². The van der Waals surface area contributed by atoms with Gasteiger partial charge in [0.25, 0.3) is 0 Å². The Hall–Kier alpha value is -2.10. The minimum atomic E-state index is 0.286. The average molecular weight is 256 g/mol. The summed E-state index contributed by atoms with van der Waals surface area (Å²) in [4.78, 5) is 10.7. The first-order valence-electron chi connectivity index (χ1n) is 6.58. The Morgan fingerprint density at radius 2 is 1.84 bits per heavy atom. The second-order valence-corrected chi connectivity index (χ2v) is 4.73. The Balaban J connectivity index is 2.53. The summed E-state index contributed by atoms with van der Waals surface area (Å²) in [7, 11) is 0. The predicted octanol–water partition coefficient (Wildman–Crippen LogP) is 3.34. The van der Waals surface area contributed by atoms with Crippen molar-refractivity contribution in [1.29, 1.82) is 0 Å². The zero-order valence-electron chi connectivity index (χ0n) is 11.7. The van der Waals surface area contributed by atoms with Crippen LogP contribution in [0.4, 0.5) is 17.3 Å². The summed E-state index contributed by atoms with van der Waals surface area (Å²) in [5, 5.41) is 0. The number of nitrogens with two attached hydrogens (primary N) is 1. The van der Waals surface area contributed by atoms with Gasteiger partial charge in [-0.3, -0.25) is 0 Å². The molecule has 0 aliphatic heterocycles. The summed E-state index contributed by atoms with van der Waals surface area (Å²) in [5.74, 6) is 1.75. The van der Waals surface area contributed by atoms with Crippen molar-refractivity contribution in [2.24, 2.45) is 0 Å². The normalized spacial score (nSPS) is 10.7. The third kappa shape index (κ3) is 2.67. The number of nitrogen functional groups attached to an aromatic ring is 1. The van der Waals surface area contributed by atoms with Crippen molar-refractivity contribution in [3.63, 3.8) is 0 Å². The van der Waals surface area contributed by atoms with Crippen molar-refractivity contribution in [1.82, 2.24) is 9.97 Å². The minimum Gasteiger partial charge on any atom is -0.383 e. The van der Waals surface area contributed by atoms with Gasteiger partial charge < -0.3 is 10.6 Å². The molecular weight excluding hydrogens is 236 g/mol. The molecule has 0 aliphatic rings. The lowest BCUT2D eigenvalue weighted by Crippen LogP contribution is -2.20. The second-order valence-electron chi connectivity index (χ2n) is 4.73. The Morgan fingerprint density at radius 3 is 2.42 bits per heavy atom. The maximum Gasteiger partial charge on any atom is 0.141 e. The highest BCUT2D eigenvalue weighted by Crippen LogP contribution is 2.33. The van der Waals surface area contributed by atoms with Crippen LogP contribution in [0.25, 0.3) is 0 Å². The molecule has 0 saturated carbocycles. The van der Waals surface area contributed by atoms with E-state index in [4.69, 9.17) is 5.73 Å². The van der Waals surface area contributed by atoms with Gasteiger partial charge in [0.1, 0.15) is 18.0 Å². The zero-order chi connectivity index (χ0) is 13.8. The fourth-order valence-corrected chi connectivity index (χ4v) is 2.23. The molecule has 4 nitrogen and oxygen atoms in total. The average Bonchev–Trinajstić information content (AvgIpc) is 2.40. The van der Waals surface area contributed by atoms with E-state index in [9.17, 15) is 0 Å². The molecule has 0 amide bonds. The maximum absolute atomic E-state index is 6.02. The van der Waals surface area contributed by atoms with Gasteiger partial charge in [0.15, 0.2) is 0 Å². The fourth-order valence-electron chi connectivity index (χ4n) is 2.23. The molecule has 1 aromatic carbocycles. The molecule has 0 radical (unpaired) electrons. The lowest BCUT2D eigenvalue weighted by atomic mass is 10.0. The molecule has 2 aromatic rings. The number of para-hydroxylation sites is 1. The van der Waals surface area contributed by atoms with Crippen LogP contribution < -0.4 is 10.6 Å². The number of hydrogen-bond acceptors (Lipinski definition) is 4. The third-order valence-electron chi connectivity index (χ3n) is 3.11. The summed E-state index contributed by atoms with van der Waals surface area (Å²) >= 11 is 0. The fraction of sp³-hybridized carbons (Fsp3) is 0.333. The van der Waals surface area contributed by atoms with Crippen LogP contribution in [-0.2, 0) is 0 Å². The van der Waals surface area contributed by atoms with Crippen molar-refractivity contribution < 1.29 is 0 Å². The van der Waals surface area contributed by atoms with Crippen molar-refractivity contribution >= 4 is 17.3 Å². The molecule has 19 heavy (non-hydrogen) atoms. The van der Waals surface area contributed by atoms with E-state index in [1.165, 1.54) is 6.33 Å². The molecule has 0 saturated heterocycles. The Labute approximate surface area is 114 Å². The topological polar surface area (TPSA) is 55.0 Å². The molecule has 0 atom stereocenters. The maximum atomic E-state index is 6.02. The van der Waals surface area contributed by atoms with Crippen molar-refractivity contribution in [2.45, 2.75) is 26.7 Å². The van der Waals surface area contributed by atoms with Gasteiger partial charge in [-0.15, -0.1) is 0 Å². The van der Waals surface area contributed by atoms with E-state index in [1.54, 1.807) is 0 Å². The van der Waals surface area contributed by atoms with E-state index < -0.39 is 0 Å². The molecule has 0 fully saturated rings. The number of nitrogens with zero attached hydrogens (tertiary/aromatic N) is 3. The van der Waals surface area contributed by atoms with Gasteiger partial charge in [-0.05, 0) is 25.0 Å². The monoisotopic (exact) mass is 256 g/mol. The number of benzene rings is 1. The lowest BCUT2D eigenvalue weighted by molar-refractivity contribution is 0.834. The van der Waals surface area contributed by atoms with Crippen LogP contribution in [0.3, 0.4) is 0 Å². The largest absolute Gasteiger partial charge is 0.383 e. The van der Waals surface area contributed by atoms with Crippen molar-refractivity contribution in [3.8, 4) is 0 Å². The van der Waals surface area contributed by atoms with Gasteiger partial charge in [0.2, 0.25) is 0 Å². The van der Waals surface area contributed by atoms with Crippen LogP contribution in [0.15, 0.2) is 36.7 Å². The number of rotatable bonds is 4. The standard InChI is InChI=1S/C15H20N4/c1-4-19(12-8-6-5-7-9-12)15-13(11(2)3)14(16)17-10-18-15/h5-11H,4H2,1-3H3,(H2,16,17,18). The van der Waals surface area contributed by atoms with Gasteiger partial charge in [-0.1, -0.05) is 32.0 Å². The predicted molar refractivity (Wildman–Crippen MR) is 79.7 cm³/mol. The second kappa shape index (κ2) is 5.69. The van der Waals surface area contributed by atoms with Gasteiger partial charge in [-0.2, -0.15) is 0 Å². The Bertz CT molecular complexity index is 537. The van der Waals surface area contributed by atoms with Gasteiger partial charge >= 0.3 is 0 Å². The smallest absolute Gasteiger partial charge is 0.141 e. The van der Waals surface area contributed by atoms with Gasteiger partial charge in [0, 0.05) is 17.8 Å². The van der Waals surface area contributed by atoms with Crippen LogP contribution in [0.5, 0.6) is 0 Å². The first-order chi connectivity index (χ1) is 9.15. The summed E-state index contributed by atoms with van der Waals surface area (Å²) in [5.41, 5.74) is 8.14. The summed E-state index contributed by atoms with van der Waals surface area (Å²) < 4.78 is 0. The molecule has 1 heterocycles. The highest BCUT2D eigenvalue weighted by molar-refractivity contribution is 5.67. The summed E-state index contributed by atoms with van der Waals surface area (Å²) in [6.07, 6.45) is 1.53. The zero-order valence-corrected chi connectivity index (χ0v) is 11.7. The highest BCUT2D eigenvalue weighted by atomic mass is 15.2. The number of anilines is 3. The third-order valence-corrected chi connectivity index (χ3v) is 3.11. The molecule has 0 spiro atoms. The molecular formula is C15H20N4. The SMILES string of the molecule is CCN(c1ccccc1)c1ncnc(N)c1C(C)C. The Kier molecular flexibility index (Phi) is 4.00. The van der Waals surface area contributed by atoms with Crippen LogP contribution in [0.1, 0.15) is 32.3 Å². The van der Waals surface area contributed by atoms with Crippen molar-refractivity contribution in [2.75, 3.05) is 17.2 Å². The summed E-state index contributed by atoms with van der Waals surface area (Å²) in [6.45, 7) is 7.16. The van der Waals surface area contributed by atoms with E-state index in [0.29, 0.717) is 5.82 Å². The van der Waals surface area contributed by atoms with E-state index >= 15 is 0 Å². The molecule has 100 valence electrons. The molecule has 4 heteroatoms. The highest BCUT2D eigenvalue weighted by Gasteiger charge is 2.18. The van der Waals surface area contributed by atoms with Crippen molar-refractivity contribution in [3.05, 3.63) is 42.2 Å². The van der Waals surface area contributed by atoms with Crippen LogP contribution in [0, 0.1) is 0 Å². The van der Waals surface area contributed by atoms with E-state index in [-0.39, 0.29) is 5.92 Å². The number of hydrogen-bond donors (Lipinski definition) is 1. The van der Waals surface area contributed by atoms with E-state index in [1.807, 2.05) is 18.2 Å². The quantitative estimate of drug-likeness (QED) is 0.911. The number of aromatic nitrogens is 2. The summed E-state index contributed by atoms with van der Waals surface area (Å²) in [6, 6.07) is 10.2. The molecule has 0 bridgehead atoms. The van der Waals surface area contributed by atoms with Gasteiger partial charge in [0.05, 0.1) is 0 Å². The molecule has 0 aliphatic carbocycles. The molecule has 2 rings (SSSR count). The molecule has 2 N–H and O–H groups in total. The molecule has 0 unspecified atom stereocenters. The lowest BCUT2D eigenvalue weighted by Gasteiger charge is -2.26. The first-order valence-corrected chi connectivity index (χ1v) is 6.58. The van der Waals surface area contributed by atoms with Crippen LogP contribution >= 0.6 is 0 Å². The molecule has 1 aromatic heterocycles. The van der Waals surface area contributed by atoms with Crippen LogP contribution in [-0.4, -0.2) is 16.5 Å². The van der Waals surface area contributed by atoms with Crippen LogP contribution in [0.2, 0.25) is 0 Å². The minimum absolute atomic E-state index is 0.286. The van der Waals surface area contributed by atoms with Gasteiger partial charge in [-0.25, -0.2) is 9.97 Å². The first kappa shape index (κ1) is 13.3.